The number of rotatable bonds is 6. The molecule has 1 fully saturated rings. The molecular formula is C21H23NO4S. The zero-order valence-corrected chi connectivity index (χ0v) is 16.3. The minimum Gasteiger partial charge on any atom is -0.496 e. The Labute approximate surface area is 160 Å². The summed E-state index contributed by atoms with van der Waals surface area (Å²) in [6.07, 6.45) is 5.02. The lowest BCUT2D eigenvalue weighted by Gasteiger charge is -2.15. The van der Waals surface area contributed by atoms with Gasteiger partial charge in [-0.3, -0.25) is 4.79 Å². The van der Waals surface area contributed by atoms with E-state index in [1.807, 2.05) is 25.1 Å². The van der Waals surface area contributed by atoms with Gasteiger partial charge in [0.05, 0.1) is 12.0 Å². The minimum atomic E-state index is -3.46. The molecule has 27 heavy (non-hydrogen) atoms. The summed E-state index contributed by atoms with van der Waals surface area (Å²) in [4.78, 5) is 12.6. The Morgan fingerprint density at radius 2 is 1.74 bits per heavy atom. The fraction of sp³-hybridized carbons (Fsp3) is 0.286. The van der Waals surface area contributed by atoms with Gasteiger partial charge in [0.2, 0.25) is 10.0 Å². The first kappa shape index (κ1) is 19.3. The van der Waals surface area contributed by atoms with Gasteiger partial charge in [-0.25, -0.2) is 8.42 Å². The number of carbonyl (C=O) groups excluding carboxylic acids is 1. The molecule has 0 atom stereocenters. The zero-order chi connectivity index (χ0) is 19.4. The van der Waals surface area contributed by atoms with Gasteiger partial charge < -0.3 is 4.74 Å². The molecular weight excluding hydrogens is 362 g/mol. The topological polar surface area (TPSA) is 63.7 Å². The number of nitrogens with zero attached hydrogens (tertiary/aromatic N) is 1. The number of hydrogen-bond donors (Lipinski definition) is 0. The van der Waals surface area contributed by atoms with E-state index in [4.69, 9.17) is 4.74 Å². The molecule has 1 heterocycles. The molecule has 1 aliphatic heterocycles. The van der Waals surface area contributed by atoms with Crippen LogP contribution in [0.3, 0.4) is 0 Å². The molecule has 0 unspecified atom stereocenters. The summed E-state index contributed by atoms with van der Waals surface area (Å²) in [5.41, 5.74) is 2.34. The summed E-state index contributed by atoms with van der Waals surface area (Å²) >= 11 is 0. The van der Waals surface area contributed by atoms with Crippen LogP contribution >= 0.6 is 0 Å². The van der Waals surface area contributed by atoms with Gasteiger partial charge in [-0.1, -0.05) is 12.1 Å². The maximum Gasteiger partial charge on any atom is 0.243 e. The number of methoxy groups -OCH3 is 1. The summed E-state index contributed by atoms with van der Waals surface area (Å²) in [5.74, 6) is 0.627. The third-order valence-corrected chi connectivity index (χ3v) is 6.60. The van der Waals surface area contributed by atoms with E-state index in [0.717, 1.165) is 29.7 Å². The molecule has 2 aromatic rings. The highest BCUT2D eigenvalue weighted by Gasteiger charge is 2.27. The first-order valence-electron chi connectivity index (χ1n) is 8.89. The number of aryl methyl sites for hydroxylation is 1. The quantitative estimate of drug-likeness (QED) is 0.562. The third-order valence-electron chi connectivity index (χ3n) is 4.69. The first-order valence-corrected chi connectivity index (χ1v) is 10.3. The third kappa shape index (κ3) is 4.28. The molecule has 0 bridgehead atoms. The lowest BCUT2D eigenvalue weighted by Crippen LogP contribution is -2.27. The summed E-state index contributed by atoms with van der Waals surface area (Å²) in [6, 6.07) is 11.8. The largest absolute Gasteiger partial charge is 0.496 e. The van der Waals surface area contributed by atoms with Crippen molar-refractivity contribution in [2.24, 2.45) is 0 Å². The van der Waals surface area contributed by atoms with Crippen LogP contribution in [-0.4, -0.2) is 38.7 Å². The Balaban J connectivity index is 1.73. The molecule has 0 radical (unpaired) electrons. The highest BCUT2D eigenvalue weighted by Crippen LogP contribution is 2.22. The number of hydrogen-bond acceptors (Lipinski definition) is 4. The van der Waals surface area contributed by atoms with Crippen molar-refractivity contribution in [1.82, 2.24) is 4.31 Å². The molecule has 0 aliphatic carbocycles. The second kappa shape index (κ2) is 8.06. The van der Waals surface area contributed by atoms with Crippen LogP contribution in [0, 0.1) is 6.92 Å². The van der Waals surface area contributed by atoms with E-state index < -0.39 is 10.0 Å². The van der Waals surface area contributed by atoms with E-state index in [1.165, 1.54) is 22.5 Å². The fourth-order valence-electron chi connectivity index (χ4n) is 3.14. The molecule has 0 amide bonds. The number of ketones is 1. The number of benzene rings is 2. The van der Waals surface area contributed by atoms with Crippen molar-refractivity contribution < 1.29 is 17.9 Å². The van der Waals surface area contributed by atoms with Crippen molar-refractivity contribution in [3.63, 3.8) is 0 Å². The SMILES string of the molecule is COc1ccc(/C=C/C(=O)c2ccc(S(=O)(=O)N3CCCC3)cc2)cc1C. The molecule has 1 saturated heterocycles. The van der Waals surface area contributed by atoms with Crippen LogP contribution < -0.4 is 4.74 Å². The van der Waals surface area contributed by atoms with E-state index >= 15 is 0 Å². The summed E-state index contributed by atoms with van der Waals surface area (Å²) in [6.45, 7) is 3.07. The minimum absolute atomic E-state index is 0.173. The van der Waals surface area contributed by atoms with Crippen molar-refractivity contribution in [3.05, 3.63) is 65.2 Å². The highest BCUT2D eigenvalue weighted by atomic mass is 32.2. The monoisotopic (exact) mass is 385 g/mol. The average Bonchev–Trinajstić information content (AvgIpc) is 3.22. The number of ether oxygens (including phenoxy) is 1. The van der Waals surface area contributed by atoms with Gasteiger partial charge in [0.1, 0.15) is 5.75 Å². The van der Waals surface area contributed by atoms with E-state index in [2.05, 4.69) is 0 Å². The van der Waals surface area contributed by atoms with Crippen LogP contribution in [0.4, 0.5) is 0 Å². The first-order chi connectivity index (χ1) is 12.9. The van der Waals surface area contributed by atoms with E-state index in [0.29, 0.717) is 18.7 Å². The molecule has 5 nitrogen and oxygen atoms in total. The molecule has 3 rings (SSSR count). The van der Waals surface area contributed by atoms with Gasteiger partial charge in [-0.05, 0) is 73.4 Å². The highest BCUT2D eigenvalue weighted by molar-refractivity contribution is 7.89. The summed E-state index contributed by atoms with van der Waals surface area (Å²) in [7, 11) is -1.84. The zero-order valence-electron chi connectivity index (χ0n) is 15.5. The Morgan fingerprint density at radius 1 is 1.07 bits per heavy atom. The fourth-order valence-corrected chi connectivity index (χ4v) is 4.66. The molecule has 0 aromatic heterocycles. The molecule has 1 aliphatic rings. The second-order valence-corrected chi connectivity index (χ2v) is 8.50. The van der Waals surface area contributed by atoms with Crippen LogP contribution in [0.1, 0.15) is 34.3 Å². The maximum atomic E-state index is 12.5. The van der Waals surface area contributed by atoms with Crippen LogP contribution in [0.15, 0.2) is 53.4 Å². The van der Waals surface area contributed by atoms with Crippen molar-refractivity contribution in [3.8, 4) is 5.75 Å². The molecule has 2 aromatic carbocycles. The standard InChI is InChI=1S/C21H23NO4S/c1-16-15-17(6-12-21(16)26-2)5-11-20(23)18-7-9-19(10-8-18)27(24,25)22-13-3-4-14-22/h5-12,15H,3-4,13-14H2,1-2H3/b11-5+. The molecule has 0 N–H and O–H groups in total. The van der Waals surface area contributed by atoms with E-state index in [-0.39, 0.29) is 10.7 Å². The molecule has 0 spiro atoms. The average molecular weight is 385 g/mol. The Hall–Kier alpha value is -2.44. The molecule has 6 heteroatoms. The smallest absolute Gasteiger partial charge is 0.243 e. The second-order valence-electron chi connectivity index (χ2n) is 6.56. The van der Waals surface area contributed by atoms with Gasteiger partial charge in [-0.2, -0.15) is 4.31 Å². The lowest BCUT2D eigenvalue weighted by atomic mass is 10.1. The van der Waals surface area contributed by atoms with Gasteiger partial charge >= 0.3 is 0 Å². The van der Waals surface area contributed by atoms with Gasteiger partial charge in [-0.15, -0.1) is 0 Å². The molecule has 0 saturated carbocycles. The van der Waals surface area contributed by atoms with E-state index in [9.17, 15) is 13.2 Å². The molecule has 142 valence electrons. The van der Waals surface area contributed by atoms with Crippen molar-refractivity contribution in [2.45, 2.75) is 24.7 Å². The van der Waals surface area contributed by atoms with Gasteiger partial charge in [0.25, 0.3) is 0 Å². The Bertz CT molecular complexity index is 956. The van der Waals surface area contributed by atoms with E-state index in [1.54, 1.807) is 25.3 Å². The van der Waals surface area contributed by atoms with Crippen LogP contribution in [0.25, 0.3) is 6.08 Å². The predicted molar refractivity (Wildman–Crippen MR) is 106 cm³/mol. The Morgan fingerprint density at radius 3 is 2.33 bits per heavy atom. The summed E-state index contributed by atoms with van der Waals surface area (Å²) < 4.78 is 31.8. The number of carbonyl (C=O) groups is 1. The number of sulfonamides is 1. The van der Waals surface area contributed by atoms with Crippen LogP contribution in [-0.2, 0) is 10.0 Å². The van der Waals surface area contributed by atoms with Crippen molar-refractivity contribution in [2.75, 3.05) is 20.2 Å². The van der Waals surface area contributed by atoms with Crippen molar-refractivity contribution >= 4 is 21.9 Å². The maximum absolute atomic E-state index is 12.5. The van der Waals surface area contributed by atoms with Gasteiger partial charge in [0.15, 0.2) is 5.78 Å². The van der Waals surface area contributed by atoms with Crippen LogP contribution in [0.5, 0.6) is 5.75 Å². The van der Waals surface area contributed by atoms with Crippen LogP contribution in [0.2, 0.25) is 0 Å². The normalized spacial score (nSPS) is 15.3. The lowest BCUT2D eigenvalue weighted by molar-refractivity contribution is 0.104. The van der Waals surface area contributed by atoms with Gasteiger partial charge in [0, 0.05) is 18.7 Å². The predicted octanol–water partition coefficient (Wildman–Crippen LogP) is 3.68. The summed E-state index contributed by atoms with van der Waals surface area (Å²) in [5, 5.41) is 0. The number of allylic oxidation sites excluding steroid dienone is 1. The van der Waals surface area contributed by atoms with Crippen molar-refractivity contribution in [1.29, 1.82) is 0 Å². The Kier molecular flexibility index (Phi) is 5.77.